The molecule has 0 bridgehead atoms. The van der Waals surface area contributed by atoms with Crippen LogP contribution in [0.4, 0.5) is 0 Å². The Kier molecular flexibility index (Phi) is 5.54. The van der Waals surface area contributed by atoms with Gasteiger partial charge < -0.3 is 15.8 Å². The van der Waals surface area contributed by atoms with Gasteiger partial charge in [-0.2, -0.15) is 0 Å². The number of ether oxygens (including phenoxy) is 1. The van der Waals surface area contributed by atoms with Gasteiger partial charge in [0.05, 0.1) is 6.61 Å². The minimum Gasteiger partial charge on any atom is -0.380 e. The SMILES string of the molecule is COCc1ccccc1C(CN)NCc1cccs1. The normalized spacial score (nSPS) is 12.5. The van der Waals surface area contributed by atoms with E-state index in [4.69, 9.17) is 10.5 Å². The van der Waals surface area contributed by atoms with Gasteiger partial charge in [0.1, 0.15) is 0 Å². The Labute approximate surface area is 118 Å². The van der Waals surface area contributed by atoms with Crippen LogP contribution in [0.3, 0.4) is 0 Å². The van der Waals surface area contributed by atoms with Gasteiger partial charge in [-0.15, -0.1) is 11.3 Å². The van der Waals surface area contributed by atoms with E-state index < -0.39 is 0 Å². The number of thiophene rings is 1. The molecule has 0 aliphatic rings. The van der Waals surface area contributed by atoms with Crippen molar-refractivity contribution in [2.24, 2.45) is 5.73 Å². The van der Waals surface area contributed by atoms with E-state index in [-0.39, 0.29) is 6.04 Å². The minimum absolute atomic E-state index is 0.161. The van der Waals surface area contributed by atoms with E-state index >= 15 is 0 Å². The fourth-order valence-corrected chi connectivity index (χ4v) is 2.77. The Morgan fingerprint density at radius 2 is 2.11 bits per heavy atom. The predicted octanol–water partition coefficient (Wildman–Crippen LogP) is 2.68. The first-order chi connectivity index (χ1) is 9.35. The summed E-state index contributed by atoms with van der Waals surface area (Å²) in [5.74, 6) is 0. The van der Waals surface area contributed by atoms with E-state index in [1.165, 1.54) is 16.0 Å². The van der Waals surface area contributed by atoms with Crippen molar-refractivity contribution in [2.45, 2.75) is 19.2 Å². The lowest BCUT2D eigenvalue weighted by Gasteiger charge is -2.20. The van der Waals surface area contributed by atoms with Crippen molar-refractivity contribution in [3.63, 3.8) is 0 Å². The van der Waals surface area contributed by atoms with Crippen LogP contribution < -0.4 is 11.1 Å². The average molecular weight is 276 g/mol. The lowest BCUT2D eigenvalue weighted by atomic mass is 10.0. The Hall–Kier alpha value is -1.20. The fraction of sp³-hybridized carbons (Fsp3) is 0.333. The summed E-state index contributed by atoms with van der Waals surface area (Å²) in [7, 11) is 1.72. The van der Waals surface area contributed by atoms with E-state index in [1.807, 2.05) is 12.1 Å². The maximum atomic E-state index is 5.91. The van der Waals surface area contributed by atoms with Gasteiger partial charge in [-0.25, -0.2) is 0 Å². The molecule has 0 spiro atoms. The van der Waals surface area contributed by atoms with Gasteiger partial charge in [0.25, 0.3) is 0 Å². The number of benzene rings is 1. The summed E-state index contributed by atoms with van der Waals surface area (Å²) in [5, 5.41) is 5.61. The molecule has 0 aliphatic heterocycles. The maximum absolute atomic E-state index is 5.91. The lowest BCUT2D eigenvalue weighted by Crippen LogP contribution is -2.28. The summed E-state index contributed by atoms with van der Waals surface area (Å²) in [6.07, 6.45) is 0. The second-order valence-electron chi connectivity index (χ2n) is 4.38. The van der Waals surface area contributed by atoms with Crippen molar-refractivity contribution in [1.29, 1.82) is 0 Å². The second-order valence-corrected chi connectivity index (χ2v) is 5.41. The van der Waals surface area contributed by atoms with E-state index in [0.717, 1.165) is 6.54 Å². The molecule has 1 unspecified atom stereocenters. The number of hydrogen-bond donors (Lipinski definition) is 2. The Morgan fingerprint density at radius 3 is 2.79 bits per heavy atom. The topological polar surface area (TPSA) is 47.3 Å². The van der Waals surface area contributed by atoms with E-state index in [1.54, 1.807) is 18.4 Å². The molecule has 4 heteroatoms. The van der Waals surface area contributed by atoms with Crippen LogP contribution in [-0.2, 0) is 17.9 Å². The van der Waals surface area contributed by atoms with Gasteiger partial charge in [-0.1, -0.05) is 30.3 Å². The molecule has 3 nitrogen and oxygen atoms in total. The van der Waals surface area contributed by atoms with Gasteiger partial charge in [0.2, 0.25) is 0 Å². The first-order valence-electron chi connectivity index (χ1n) is 6.37. The molecule has 2 rings (SSSR count). The first kappa shape index (κ1) is 14.2. The van der Waals surface area contributed by atoms with Crippen LogP contribution in [0.5, 0.6) is 0 Å². The lowest BCUT2D eigenvalue weighted by molar-refractivity contribution is 0.183. The van der Waals surface area contributed by atoms with Crippen molar-refractivity contribution < 1.29 is 4.74 Å². The largest absolute Gasteiger partial charge is 0.380 e. The quantitative estimate of drug-likeness (QED) is 0.817. The molecule has 1 aromatic heterocycles. The van der Waals surface area contributed by atoms with E-state index in [9.17, 15) is 0 Å². The highest BCUT2D eigenvalue weighted by Gasteiger charge is 2.13. The van der Waals surface area contributed by atoms with Crippen LogP contribution in [0.2, 0.25) is 0 Å². The molecule has 1 aromatic carbocycles. The number of methoxy groups -OCH3 is 1. The monoisotopic (exact) mass is 276 g/mol. The molecule has 0 amide bonds. The van der Waals surface area contributed by atoms with Gasteiger partial charge >= 0.3 is 0 Å². The Morgan fingerprint density at radius 1 is 1.26 bits per heavy atom. The zero-order chi connectivity index (χ0) is 13.5. The highest BCUT2D eigenvalue weighted by molar-refractivity contribution is 7.09. The Bertz CT molecular complexity index is 485. The third-order valence-corrected chi connectivity index (χ3v) is 3.95. The molecule has 0 saturated heterocycles. The fourth-order valence-electron chi connectivity index (χ4n) is 2.12. The maximum Gasteiger partial charge on any atom is 0.0716 e. The van der Waals surface area contributed by atoms with Gasteiger partial charge in [-0.05, 0) is 22.6 Å². The molecule has 19 heavy (non-hydrogen) atoms. The Balaban J connectivity index is 2.08. The summed E-state index contributed by atoms with van der Waals surface area (Å²) in [6, 6.07) is 12.6. The minimum atomic E-state index is 0.161. The van der Waals surface area contributed by atoms with Crippen LogP contribution in [0, 0.1) is 0 Å². The number of nitrogens with two attached hydrogens (primary N) is 1. The molecule has 0 radical (unpaired) electrons. The molecule has 2 aromatic rings. The third-order valence-electron chi connectivity index (χ3n) is 3.07. The summed E-state index contributed by atoms with van der Waals surface area (Å²) in [4.78, 5) is 1.32. The predicted molar refractivity (Wildman–Crippen MR) is 80.1 cm³/mol. The highest BCUT2D eigenvalue weighted by Crippen LogP contribution is 2.19. The van der Waals surface area contributed by atoms with E-state index in [2.05, 4.69) is 35.0 Å². The second kappa shape index (κ2) is 7.40. The third kappa shape index (κ3) is 3.88. The van der Waals surface area contributed by atoms with Crippen LogP contribution in [0.15, 0.2) is 41.8 Å². The molecule has 0 saturated carbocycles. The number of nitrogens with one attached hydrogen (secondary N) is 1. The summed E-state index contributed by atoms with van der Waals surface area (Å²) < 4.78 is 5.25. The van der Waals surface area contributed by atoms with E-state index in [0.29, 0.717) is 13.2 Å². The standard InChI is InChI=1S/C15H20N2OS/c1-18-11-12-5-2-3-7-14(12)15(9-16)17-10-13-6-4-8-19-13/h2-8,15,17H,9-11,16H2,1H3. The highest BCUT2D eigenvalue weighted by atomic mass is 32.1. The summed E-state index contributed by atoms with van der Waals surface area (Å²) >= 11 is 1.76. The molecule has 3 N–H and O–H groups in total. The number of rotatable bonds is 7. The summed E-state index contributed by atoms with van der Waals surface area (Å²) in [6.45, 7) is 2.04. The van der Waals surface area contributed by atoms with Crippen molar-refractivity contribution >= 4 is 11.3 Å². The van der Waals surface area contributed by atoms with Gasteiger partial charge in [0.15, 0.2) is 0 Å². The molecule has 102 valence electrons. The number of hydrogen-bond acceptors (Lipinski definition) is 4. The van der Waals surface area contributed by atoms with Crippen LogP contribution in [0.25, 0.3) is 0 Å². The van der Waals surface area contributed by atoms with Crippen molar-refractivity contribution in [3.8, 4) is 0 Å². The van der Waals surface area contributed by atoms with Gasteiger partial charge in [-0.3, -0.25) is 0 Å². The van der Waals surface area contributed by atoms with Crippen molar-refractivity contribution in [1.82, 2.24) is 5.32 Å². The first-order valence-corrected chi connectivity index (χ1v) is 7.25. The van der Waals surface area contributed by atoms with Crippen molar-refractivity contribution in [2.75, 3.05) is 13.7 Å². The molecule has 0 fully saturated rings. The zero-order valence-corrected chi connectivity index (χ0v) is 12.0. The van der Waals surface area contributed by atoms with Crippen LogP contribution in [-0.4, -0.2) is 13.7 Å². The molecular weight excluding hydrogens is 256 g/mol. The average Bonchev–Trinajstić information content (AvgIpc) is 2.95. The van der Waals surface area contributed by atoms with Crippen molar-refractivity contribution in [3.05, 3.63) is 57.8 Å². The van der Waals surface area contributed by atoms with Gasteiger partial charge in [0, 0.05) is 31.1 Å². The van der Waals surface area contributed by atoms with Crippen LogP contribution >= 0.6 is 11.3 Å². The molecule has 1 atom stereocenters. The molecular formula is C15H20N2OS. The summed E-state index contributed by atoms with van der Waals surface area (Å²) in [5.41, 5.74) is 8.33. The molecule has 0 aliphatic carbocycles. The zero-order valence-electron chi connectivity index (χ0n) is 11.1. The molecule has 1 heterocycles. The van der Waals surface area contributed by atoms with Crippen LogP contribution in [0.1, 0.15) is 22.0 Å². The smallest absolute Gasteiger partial charge is 0.0716 e.